The van der Waals surface area contributed by atoms with Crippen LogP contribution in [0.15, 0.2) is 0 Å². The van der Waals surface area contributed by atoms with Gasteiger partial charge in [-0.25, -0.2) is 0 Å². The van der Waals surface area contributed by atoms with Crippen molar-refractivity contribution in [1.82, 2.24) is 5.32 Å². The van der Waals surface area contributed by atoms with Gasteiger partial charge in [0, 0.05) is 19.1 Å². The normalized spacial score (nSPS) is 25.4. The van der Waals surface area contributed by atoms with E-state index in [1.807, 2.05) is 0 Å². The van der Waals surface area contributed by atoms with Gasteiger partial charge in [0.05, 0.1) is 0 Å². The van der Waals surface area contributed by atoms with Crippen molar-refractivity contribution < 1.29 is 9.90 Å². The molecule has 0 saturated heterocycles. The third kappa shape index (κ3) is 4.97. The lowest BCUT2D eigenvalue weighted by molar-refractivity contribution is -0.122. The third-order valence-corrected chi connectivity index (χ3v) is 3.48. The number of hydrogen-bond donors (Lipinski definition) is 2. The fourth-order valence-corrected chi connectivity index (χ4v) is 2.32. The molecule has 0 spiro atoms. The fraction of sp³-hybridized carbons (Fsp3) is 0.923. The van der Waals surface area contributed by atoms with E-state index in [0.29, 0.717) is 25.0 Å². The maximum absolute atomic E-state index is 11.6. The minimum Gasteiger partial charge on any atom is -0.396 e. The largest absolute Gasteiger partial charge is 0.396 e. The second-order valence-corrected chi connectivity index (χ2v) is 4.92. The number of aliphatic hydroxyl groups is 1. The molecule has 1 rings (SSSR count). The lowest BCUT2D eigenvalue weighted by atomic mass is 9.86. The highest BCUT2D eigenvalue weighted by Crippen LogP contribution is 2.23. The molecule has 1 aliphatic carbocycles. The summed E-state index contributed by atoms with van der Waals surface area (Å²) < 4.78 is 0. The zero-order valence-electron chi connectivity index (χ0n) is 10.4. The van der Waals surface area contributed by atoms with Crippen molar-refractivity contribution in [2.45, 2.75) is 64.3 Å². The van der Waals surface area contributed by atoms with Gasteiger partial charge in [-0.05, 0) is 38.0 Å². The molecule has 2 N–H and O–H groups in total. The molecular weight excluding hydrogens is 202 g/mol. The van der Waals surface area contributed by atoms with Crippen LogP contribution in [-0.4, -0.2) is 23.7 Å². The van der Waals surface area contributed by atoms with Crippen LogP contribution < -0.4 is 5.32 Å². The highest BCUT2D eigenvalue weighted by molar-refractivity contribution is 5.76. The van der Waals surface area contributed by atoms with Crippen LogP contribution >= 0.6 is 0 Å². The average Bonchev–Trinajstić information content (AvgIpc) is 2.30. The molecule has 1 amide bonds. The van der Waals surface area contributed by atoms with Crippen LogP contribution in [0.3, 0.4) is 0 Å². The molecule has 0 atom stereocenters. The Labute approximate surface area is 98.6 Å². The molecule has 16 heavy (non-hydrogen) atoms. The average molecular weight is 227 g/mol. The molecule has 0 aromatic heterocycles. The molecule has 94 valence electrons. The summed E-state index contributed by atoms with van der Waals surface area (Å²) in [7, 11) is 0. The quantitative estimate of drug-likeness (QED) is 0.684. The monoisotopic (exact) mass is 227 g/mol. The van der Waals surface area contributed by atoms with Crippen molar-refractivity contribution in [3.05, 3.63) is 0 Å². The Morgan fingerprint density at radius 1 is 1.25 bits per heavy atom. The van der Waals surface area contributed by atoms with Crippen LogP contribution in [0.4, 0.5) is 0 Å². The Hall–Kier alpha value is -0.570. The van der Waals surface area contributed by atoms with Crippen LogP contribution in [-0.2, 0) is 4.79 Å². The van der Waals surface area contributed by atoms with Crippen LogP contribution in [0.5, 0.6) is 0 Å². The van der Waals surface area contributed by atoms with Gasteiger partial charge in [0.2, 0.25) is 5.91 Å². The minimum absolute atomic E-state index is 0.209. The van der Waals surface area contributed by atoms with Crippen molar-refractivity contribution in [2.75, 3.05) is 6.61 Å². The molecular formula is C13H25NO2. The summed E-state index contributed by atoms with van der Waals surface area (Å²) in [5, 5.41) is 12.1. The lowest BCUT2D eigenvalue weighted by Gasteiger charge is -2.27. The summed E-state index contributed by atoms with van der Waals surface area (Å²) in [6, 6.07) is 0.358. The van der Waals surface area contributed by atoms with E-state index in [1.165, 1.54) is 0 Å². The Morgan fingerprint density at radius 3 is 2.50 bits per heavy atom. The van der Waals surface area contributed by atoms with Crippen molar-refractivity contribution in [3.63, 3.8) is 0 Å². The Kier molecular flexibility index (Phi) is 6.46. The summed E-state index contributed by atoms with van der Waals surface area (Å²) >= 11 is 0. The van der Waals surface area contributed by atoms with E-state index in [2.05, 4.69) is 12.2 Å². The predicted octanol–water partition coefficient (Wildman–Crippen LogP) is 2.23. The first kappa shape index (κ1) is 13.5. The number of carbonyl (C=O) groups excluding carboxylic acids is 1. The molecule has 0 aliphatic heterocycles. The lowest BCUT2D eigenvalue weighted by Crippen LogP contribution is -2.37. The number of rotatable bonds is 6. The molecule has 0 heterocycles. The molecule has 1 fully saturated rings. The van der Waals surface area contributed by atoms with Gasteiger partial charge >= 0.3 is 0 Å². The zero-order valence-corrected chi connectivity index (χ0v) is 10.4. The van der Waals surface area contributed by atoms with Gasteiger partial charge in [-0.15, -0.1) is 0 Å². The summed E-state index contributed by atoms with van der Waals surface area (Å²) in [6.07, 6.45) is 8.16. The summed E-state index contributed by atoms with van der Waals surface area (Å²) in [6.45, 7) is 2.45. The van der Waals surface area contributed by atoms with Crippen molar-refractivity contribution in [1.29, 1.82) is 0 Å². The first-order valence-electron chi connectivity index (χ1n) is 6.66. The number of amides is 1. The summed E-state index contributed by atoms with van der Waals surface area (Å²) in [5.41, 5.74) is 0. The van der Waals surface area contributed by atoms with Crippen molar-refractivity contribution in [2.24, 2.45) is 5.92 Å². The molecule has 3 nitrogen and oxygen atoms in total. The Bertz CT molecular complexity index is 198. The van der Waals surface area contributed by atoms with Crippen molar-refractivity contribution >= 4 is 5.91 Å². The topological polar surface area (TPSA) is 49.3 Å². The summed E-state index contributed by atoms with van der Waals surface area (Å²) in [5.74, 6) is 0.675. The van der Waals surface area contributed by atoms with Crippen molar-refractivity contribution in [3.8, 4) is 0 Å². The molecule has 1 aliphatic rings. The number of hydrogen-bond acceptors (Lipinski definition) is 2. The predicted molar refractivity (Wildman–Crippen MR) is 65.1 cm³/mol. The first-order valence-corrected chi connectivity index (χ1v) is 6.66. The van der Waals surface area contributed by atoms with Crippen LogP contribution in [0.25, 0.3) is 0 Å². The van der Waals surface area contributed by atoms with E-state index in [1.54, 1.807) is 0 Å². The number of nitrogens with one attached hydrogen (secondary N) is 1. The molecule has 0 radical (unpaired) electrons. The standard InChI is InChI=1S/C13H25NO2/c1-2-3-4-5-13(16)14-12-8-6-11(10-15)7-9-12/h11-12,15H,2-10H2,1H3,(H,14,16). The zero-order chi connectivity index (χ0) is 11.8. The minimum atomic E-state index is 0.209. The maximum atomic E-state index is 11.6. The van der Waals surface area contributed by atoms with Gasteiger partial charge in [-0.2, -0.15) is 0 Å². The van der Waals surface area contributed by atoms with Gasteiger partial charge in [0.1, 0.15) is 0 Å². The number of unbranched alkanes of at least 4 members (excludes halogenated alkanes) is 2. The molecule has 0 bridgehead atoms. The van der Waals surface area contributed by atoms with E-state index in [9.17, 15) is 4.79 Å². The van der Waals surface area contributed by atoms with E-state index >= 15 is 0 Å². The van der Waals surface area contributed by atoms with Gasteiger partial charge < -0.3 is 10.4 Å². The van der Waals surface area contributed by atoms with Crippen LogP contribution in [0.1, 0.15) is 58.3 Å². The maximum Gasteiger partial charge on any atom is 0.220 e. The van der Waals surface area contributed by atoms with E-state index < -0.39 is 0 Å². The molecule has 0 aromatic carbocycles. The molecule has 3 heteroatoms. The van der Waals surface area contributed by atoms with Gasteiger partial charge in [-0.1, -0.05) is 19.8 Å². The fourth-order valence-electron chi connectivity index (χ4n) is 2.32. The molecule has 0 unspecified atom stereocenters. The van der Waals surface area contributed by atoms with Crippen LogP contribution in [0, 0.1) is 5.92 Å². The van der Waals surface area contributed by atoms with E-state index in [4.69, 9.17) is 5.11 Å². The number of aliphatic hydroxyl groups excluding tert-OH is 1. The summed E-state index contributed by atoms with van der Waals surface area (Å²) in [4.78, 5) is 11.6. The van der Waals surface area contributed by atoms with Gasteiger partial charge in [0.25, 0.3) is 0 Å². The SMILES string of the molecule is CCCCCC(=O)NC1CCC(CO)CC1. The first-order chi connectivity index (χ1) is 7.76. The smallest absolute Gasteiger partial charge is 0.220 e. The number of carbonyl (C=O) groups is 1. The van der Waals surface area contributed by atoms with E-state index in [0.717, 1.165) is 44.9 Å². The second-order valence-electron chi connectivity index (χ2n) is 4.92. The highest BCUT2D eigenvalue weighted by Gasteiger charge is 2.21. The Balaban J connectivity index is 2.10. The molecule has 0 aromatic rings. The Morgan fingerprint density at radius 2 is 1.94 bits per heavy atom. The van der Waals surface area contributed by atoms with Gasteiger partial charge in [0.15, 0.2) is 0 Å². The molecule has 1 saturated carbocycles. The second kappa shape index (κ2) is 7.66. The van der Waals surface area contributed by atoms with Gasteiger partial charge in [-0.3, -0.25) is 4.79 Å². The third-order valence-electron chi connectivity index (χ3n) is 3.48. The van der Waals surface area contributed by atoms with Crippen LogP contribution in [0.2, 0.25) is 0 Å². The van der Waals surface area contributed by atoms with E-state index in [-0.39, 0.29) is 5.91 Å². The highest BCUT2D eigenvalue weighted by atomic mass is 16.3.